The topological polar surface area (TPSA) is 9.23 Å². The molecule has 0 saturated heterocycles. The first kappa shape index (κ1) is 21.8. The van der Waals surface area contributed by atoms with E-state index in [-0.39, 0.29) is 12.2 Å². The minimum absolute atomic E-state index is 0.0507. The van der Waals surface area contributed by atoms with Crippen molar-refractivity contribution in [3.05, 3.63) is 101 Å². The maximum atomic E-state index is 15.0. The van der Waals surface area contributed by atoms with Crippen LogP contribution in [-0.2, 0) is 13.1 Å². The third-order valence-electron chi connectivity index (χ3n) is 4.94. The molecule has 3 aromatic carbocycles. The molecule has 0 unspecified atom stereocenters. The zero-order valence-electron chi connectivity index (χ0n) is 16.8. The zero-order chi connectivity index (χ0) is 21.7. The molecule has 3 aromatic rings. The summed E-state index contributed by atoms with van der Waals surface area (Å²) in [6.45, 7) is 2.79. The largest absolute Gasteiger partial charge is 0.454 e. The third kappa shape index (κ3) is 5.00. The van der Waals surface area contributed by atoms with E-state index in [4.69, 9.17) is 4.74 Å². The van der Waals surface area contributed by atoms with Crippen LogP contribution in [0.15, 0.2) is 84.1 Å². The number of allylic oxidation sites excluding steroid dienone is 1. The van der Waals surface area contributed by atoms with Crippen molar-refractivity contribution in [3.63, 3.8) is 0 Å². The summed E-state index contributed by atoms with van der Waals surface area (Å²) in [5.41, 5.74) is 0.101. The van der Waals surface area contributed by atoms with E-state index in [1.54, 1.807) is 67.7 Å². The van der Waals surface area contributed by atoms with Crippen molar-refractivity contribution in [2.24, 2.45) is 0 Å². The Balaban J connectivity index is 1.83. The molecule has 0 N–H and O–H groups in total. The number of rotatable bonds is 7. The molecule has 0 atom stereocenters. The van der Waals surface area contributed by atoms with Gasteiger partial charge in [0.2, 0.25) is 0 Å². The molecule has 156 valence electrons. The van der Waals surface area contributed by atoms with E-state index in [2.05, 4.69) is 0 Å². The molecule has 0 aliphatic heterocycles. The summed E-state index contributed by atoms with van der Waals surface area (Å²) >= 11 is 0. The standard InChI is InChI=1S/C24H22F4OSi/c1-30(2,20-11-8-17(16-25)9-12-20)24(28)22(27)14-18-10-13-21(26)23(15-18)29-19-6-4-3-5-7-19/h3-13,15H,14,16H2,1-2H3. The minimum atomic E-state index is -2.91. The zero-order valence-corrected chi connectivity index (χ0v) is 17.8. The second-order valence-corrected chi connectivity index (χ2v) is 11.8. The summed E-state index contributed by atoms with van der Waals surface area (Å²) in [4.78, 5) is 0. The fourth-order valence-electron chi connectivity index (χ4n) is 3.08. The van der Waals surface area contributed by atoms with Crippen LogP contribution in [0, 0.1) is 5.82 Å². The first-order valence-electron chi connectivity index (χ1n) is 9.52. The molecule has 3 rings (SSSR count). The quantitative estimate of drug-likeness (QED) is 0.292. The predicted octanol–water partition coefficient (Wildman–Crippen LogP) is 6.94. The van der Waals surface area contributed by atoms with E-state index in [1.165, 1.54) is 18.2 Å². The molecule has 0 radical (unpaired) electrons. The molecule has 1 nitrogen and oxygen atoms in total. The van der Waals surface area contributed by atoms with Crippen LogP contribution in [0.3, 0.4) is 0 Å². The van der Waals surface area contributed by atoms with Crippen LogP contribution in [0.25, 0.3) is 0 Å². The number of hydrogen-bond acceptors (Lipinski definition) is 1. The highest BCUT2D eigenvalue weighted by molar-refractivity contribution is 6.95. The molecule has 30 heavy (non-hydrogen) atoms. The molecule has 0 fully saturated rings. The number of ether oxygens (including phenoxy) is 1. The molecule has 0 aliphatic carbocycles. The molecule has 0 amide bonds. The van der Waals surface area contributed by atoms with Crippen LogP contribution in [0.4, 0.5) is 17.6 Å². The highest BCUT2D eigenvalue weighted by Crippen LogP contribution is 2.28. The summed E-state index contributed by atoms with van der Waals surface area (Å²) < 4.78 is 62.2. The summed E-state index contributed by atoms with van der Waals surface area (Å²) in [6.07, 6.45) is -0.309. The van der Waals surface area contributed by atoms with Gasteiger partial charge in [0.15, 0.2) is 19.6 Å². The third-order valence-corrected chi connectivity index (χ3v) is 8.09. The minimum Gasteiger partial charge on any atom is -0.454 e. The average Bonchev–Trinajstić information content (AvgIpc) is 2.76. The fraction of sp³-hybridized carbons (Fsp3) is 0.167. The molecule has 0 heterocycles. The lowest BCUT2D eigenvalue weighted by molar-refractivity contribution is 0.441. The number of benzene rings is 3. The summed E-state index contributed by atoms with van der Waals surface area (Å²) in [7, 11) is -2.91. The first-order valence-corrected chi connectivity index (χ1v) is 12.5. The van der Waals surface area contributed by atoms with Gasteiger partial charge in [0.05, 0.1) is 0 Å². The van der Waals surface area contributed by atoms with Crippen LogP contribution in [0.2, 0.25) is 13.1 Å². The maximum Gasteiger partial charge on any atom is 0.165 e. The SMILES string of the molecule is C[Si](C)(C(F)=C(F)Cc1ccc(F)c(Oc2ccccc2)c1)c1ccc(CF)cc1. The van der Waals surface area contributed by atoms with Gasteiger partial charge in [-0.25, -0.2) is 17.6 Å². The van der Waals surface area contributed by atoms with Crippen LogP contribution >= 0.6 is 0 Å². The Bertz CT molecular complexity index is 1030. The maximum absolute atomic E-state index is 15.0. The molecule has 0 aliphatic rings. The first-order chi connectivity index (χ1) is 14.3. The molecule has 0 aromatic heterocycles. The molecular formula is C24H22F4OSi. The van der Waals surface area contributed by atoms with Crippen molar-refractivity contribution in [2.75, 3.05) is 0 Å². The van der Waals surface area contributed by atoms with E-state index < -0.39 is 31.8 Å². The fourth-order valence-corrected chi connectivity index (χ4v) is 5.10. The van der Waals surface area contributed by atoms with Crippen molar-refractivity contribution in [2.45, 2.75) is 26.2 Å². The monoisotopic (exact) mass is 430 g/mol. The van der Waals surface area contributed by atoms with Crippen molar-refractivity contribution in [1.82, 2.24) is 0 Å². The summed E-state index contributed by atoms with van der Waals surface area (Å²) in [6, 6.07) is 19.1. The normalized spacial score (nSPS) is 12.5. The summed E-state index contributed by atoms with van der Waals surface area (Å²) in [5, 5.41) is 0.666. The van der Waals surface area contributed by atoms with Crippen molar-refractivity contribution >= 4 is 13.3 Å². The van der Waals surface area contributed by atoms with Gasteiger partial charge in [-0.15, -0.1) is 0 Å². The van der Waals surface area contributed by atoms with Crippen molar-refractivity contribution < 1.29 is 22.3 Å². The second kappa shape index (κ2) is 9.30. The number of para-hydroxylation sites is 1. The van der Waals surface area contributed by atoms with E-state index in [0.717, 1.165) is 0 Å². The molecule has 0 spiro atoms. The number of halogens is 4. The van der Waals surface area contributed by atoms with Crippen molar-refractivity contribution in [1.29, 1.82) is 0 Å². The van der Waals surface area contributed by atoms with Gasteiger partial charge in [-0.1, -0.05) is 66.8 Å². The van der Waals surface area contributed by atoms with Crippen LogP contribution in [0.1, 0.15) is 11.1 Å². The lowest BCUT2D eigenvalue weighted by atomic mass is 10.1. The Labute approximate surface area is 174 Å². The van der Waals surface area contributed by atoms with Gasteiger partial charge in [-0.3, -0.25) is 0 Å². The molecular weight excluding hydrogens is 408 g/mol. The average molecular weight is 431 g/mol. The Kier molecular flexibility index (Phi) is 6.77. The van der Waals surface area contributed by atoms with E-state index >= 15 is 4.39 Å². The van der Waals surface area contributed by atoms with Gasteiger partial charge in [-0.05, 0) is 35.4 Å². The van der Waals surface area contributed by atoms with Crippen LogP contribution < -0.4 is 9.92 Å². The van der Waals surface area contributed by atoms with Gasteiger partial charge in [0.25, 0.3) is 0 Å². The van der Waals surface area contributed by atoms with E-state index in [1.807, 2.05) is 0 Å². The van der Waals surface area contributed by atoms with Gasteiger partial charge < -0.3 is 4.74 Å². The van der Waals surface area contributed by atoms with Gasteiger partial charge in [-0.2, -0.15) is 0 Å². The predicted molar refractivity (Wildman–Crippen MR) is 114 cm³/mol. The number of hydrogen-bond donors (Lipinski definition) is 0. The number of alkyl halides is 1. The van der Waals surface area contributed by atoms with Gasteiger partial charge in [0, 0.05) is 6.42 Å². The summed E-state index contributed by atoms with van der Waals surface area (Å²) in [5.74, 6) is -1.08. The van der Waals surface area contributed by atoms with Gasteiger partial charge in [0.1, 0.15) is 23.7 Å². The van der Waals surface area contributed by atoms with Crippen LogP contribution in [0.5, 0.6) is 11.5 Å². The molecule has 0 bridgehead atoms. The Morgan fingerprint density at radius 2 is 1.50 bits per heavy atom. The van der Waals surface area contributed by atoms with E-state index in [0.29, 0.717) is 22.1 Å². The highest BCUT2D eigenvalue weighted by Gasteiger charge is 2.32. The Hall–Kier alpha value is -2.86. The van der Waals surface area contributed by atoms with Gasteiger partial charge >= 0.3 is 0 Å². The smallest absolute Gasteiger partial charge is 0.165 e. The van der Waals surface area contributed by atoms with Crippen molar-refractivity contribution in [3.8, 4) is 11.5 Å². The van der Waals surface area contributed by atoms with Crippen LogP contribution in [-0.4, -0.2) is 8.07 Å². The molecule has 0 saturated carbocycles. The second-order valence-electron chi connectivity index (χ2n) is 7.53. The Morgan fingerprint density at radius 1 is 0.867 bits per heavy atom. The van der Waals surface area contributed by atoms with E-state index in [9.17, 15) is 13.2 Å². The Morgan fingerprint density at radius 3 is 2.13 bits per heavy atom. The molecule has 6 heteroatoms. The highest BCUT2D eigenvalue weighted by atomic mass is 28.3. The lowest BCUT2D eigenvalue weighted by Gasteiger charge is -2.22. The lowest BCUT2D eigenvalue weighted by Crippen LogP contribution is -2.43.